The van der Waals surface area contributed by atoms with Crippen LogP contribution in [0.5, 0.6) is 0 Å². The fraction of sp³-hybridized carbons (Fsp3) is 0.316. The Labute approximate surface area is 136 Å². The Balaban J connectivity index is 1.85. The molecule has 1 aliphatic heterocycles. The third-order valence-corrected chi connectivity index (χ3v) is 5.29. The number of rotatable bonds is 1. The maximum absolute atomic E-state index is 12.9. The fourth-order valence-electron chi connectivity index (χ4n) is 3.27. The summed E-state index contributed by atoms with van der Waals surface area (Å²) in [6.45, 7) is 8.08. The van der Waals surface area contributed by atoms with Gasteiger partial charge in [-0.25, -0.2) is 0 Å². The number of benzene rings is 2. The van der Waals surface area contributed by atoms with Gasteiger partial charge in [-0.1, -0.05) is 42.5 Å². The maximum atomic E-state index is 12.9. The van der Waals surface area contributed by atoms with Crippen LogP contribution in [0.3, 0.4) is 0 Å². The molecule has 0 aromatic heterocycles. The summed E-state index contributed by atoms with van der Waals surface area (Å²) in [5.41, 5.74) is 3.41. The van der Waals surface area contributed by atoms with Crippen molar-refractivity contribution in [2.45, 2.75) is 38.9 Å². The number of carbonyl (C=O) groups excluding carboxylic acids is 1. The number of fused-ring (bicyclic) bond motifs is 3. The zero-order valence-electron chi connectivity index (χ0n) is 13.8. The van der Waals surface area contributed by atoms with Crippen molar-refractivity contribution < 1.29 is 14.1 Å². The van der Waals surface area contributed by atoms with Gasteiger partial charge < -0.3 is 9.31 Å². The summed E-state index contributed by atoms with van der Waals surface area (Å²) in [7, 11) is -0.520. The van der Waals surface area contributed by atoms with Gasteiger partial charge in [0.25, 0.3) is 0 Å². The van der Waals surface area contributed by atoms with Gasteiger partial charge in [0.15, 0.2) is 5.78 Å². The minimum absolute atomic E-state index is 0.0564. The first-order chi connectivity index (χ1) is 10.8. The molecule has 1 aliphatic carbocycles. The third kappa shape index (κ3) is 1.95. The van der Waals surface area contributed by atoms with Gasteiger partial charge in [-0.2, -0.15) is 0 Å². The summed E-state index contributed by atoms with van der Waals surface area (Å²) in [6.07, 6.45) is 0. The van der Waals surface area contributed by atoms with Crippen molar-refractivity contribution >= 4 is 18.4 Å². The first kappa shape index (κ1) is 14.7. The summed E-state index contributed by atoms with van der Waals surface area (Å²) in [5, 5.41) is 0. The molecule has 0 bridgehead atoms. The van der Waals surface area contributed by atoms with E-state index in [1.165, 1.54) is 0 Å². The highest BCUT2D eigenvalue weighted by Crippen LogP contribution is 2.39. The molecule has 0 spiro atoms. The van der Waals surface area contributed by atoms with E-state index in [1.54, 1.807) is 0 Å². The quantitative estimate of drug-likeness (QED) is 0.648. The Hall–Kier alpha value is -1.91. The van der Waals surface area contributed by atoms with Crippen molar-refractivity contribution in [2.24, 2.45) is 0 Å². The zero-order chi connectivity index (χ0) is 16.4. The molecule has 0 radical (unpaired) electrons. The zero-order valence-corrected chi connectivity index (χ0v) is 13.8. The van der Waals surface area contributed by atoms with Gasteiger partial charge in [0.1, 0.15) is 0 Å². The van der Waals surface area contributed by atoms with E-state index in [2.05, 4.69) is 0 Å². The largest absolute Gasteiger partial charge is 0.495 e. The lowest BCUT2D eigenvalue weighted by Crippen LogP contribution is -2.41. The standard InChI is InChI=1S/C19H19BO3/c1-18(2)19(3,4)23-20(22-18)15-11-7-10-13-12-8-5-6-9-14(12)17(21)16(13)15/h5-11H,1-4H3. The van der Waals surface area contributed by atoms with E-state index in [1.807, 2.05) is 70.2 Å². The molecule has 0 saturated carbocycles. The SMILES string of the molecule is CC1(C)OB(c2cccc3c2C(=O)c2ccccc2-3)OC1(C)C. The molecule has 0 amide bonds. The number of carbonyl (C=O) groups is 1. The van der Waals surface area contributed by atoms with Gasteiger partial charge in [-0.05, 0) is 44.3 Å². The number of ketones is 1. The normalized spacial score (nSPS) is 20.5. The molecular formula is C19H19BO3. The van der Waals surface area contributed by atoms with E-state index in [-0.39, 0.29) is 5.78 Å². The van der Waals surface area contributed by atoms with Crippen molar-refractivity contribution in [1.29, 1.82) is 0 Å². The maximum Gasteiger partial charge on any atom is 0.495 e. The van der Waals surface area contributed by atoms with Gasteiger partial charge >= 0.3 is 7.12 Å². The van der Waals surface area contributed by atoms with E-state index < -0.39 is 18.3 Å². The molecule has 2 aromatic carbocycles. The Morgan fingerprint density at radius 2 is 1.35 bits per heavy atom. The van der Waals surface area contributed by atoms with Crippen molar-refractivity contribution in [3.05, 3.63) is 53.6 Å². The highest BCUT2D eigenvalue weighted by molar-refractivity contribution is 6.64. The molecule has 2 aliphatic rings. The van der Waals surface area contributed by atoms with Crippen LogP contribution in [-0.4, -0.2) is 24.1 Å². The van der Waals surface area contributed by atoms with Gasteiger partial charge in [0.05, 0.1) is 11.2 Å². The van der Waals surface area contributed by atoms with Crippen molar-refractivity contribution in [3.8, 4) is 11.1 Å². The monoisotopic (exact) mass is 306 g/mol. The average Bonchev–Trinajstić information content (AvgIpc) is 2.91. The molecule has 4 heteroatoms. The summed E-state index contributed by atoms with van der Waals surface area (Å²) in [5.74, 6) is 0.0564. The van der Waals surface area contributed by atoms with E-state index in [4.69, 9.17) is 9.31 Å². The van der Waals surface area contributed by atoms with Crippen molar-refractivity contribution in [1.82, 2.24) is 0 Å². The number of hydrogen-bond acceptors (Lipinski definition) is 3. The smallest absolute Gasteiger partial charge is 0.399 e. The van der Waals surface area contributed by atoms with Gasteiger partial charge in [0, 0.05) is 11.1 Å². The van der Waals surface area contributed by atoms with E-state index in [0.717, 1.165) is 22.2 Å². The van der Waals surface area contributed by atoms with Crippen LogP contribution >= 0.6 is 0 Å². The van der Waals surface area contributed by atoms with E-state index >= 15 is 0 Å². The van der Waals surface area contributed by atoms with Crippen LogP contribution in [0.25, 0.3) is 11.1 Å². The fourth-order valence-corrected chi connectivity index (χ4v) is 3.27. The lowest BCUT2D eigenvalue weighted by Gasteiger charge is -2.32. The third-order valence-electron chi connectivity index (χ3n) is 5.29. The summed E-state index contributed by atoms with van der Waals surface area (Å²) in [6, 6.07) is 13.6. The molecule has 1 saturated heterocycles. The van der Waals surface area contributed by atoms with Crippen LogP contribution in [-0.2, 0) is 9.31 Å². The molecule has 0 N–H and O–H groups in total. The van der Waals surface area contributed by atoms with Crippen molar-refractivity contribution in [2.75, 3.05) is 0 Å². The summed E-state index contributed by atoms with van der Waals surface area (Å²) >= 11 is 0. The molecule has 1 fully saturated rings. The summed E-state index contributed by atoms with van der Waals surface area (Å²) < 4.78 is 12.3. The first-order valence-electron chi connectivity index (χ1n) is 7.94. The average molecular weight is 306 g/mol. The second kappa shape index (κ2) is 4.56. The van der Waals surface area contributed by atoms with Gasteiger partial charge in [-0.15, -0.1) is 0 Å². The Kier molecular flexibility index (Phi) is 2.91. The second-order valence-electron chi connectivity index (χ2n) is 7.23. The lowest BCUT2D eigenvalue weighted by molar-refractivity contribution is 0.00578. The topological polar surface area (TPSA) is 35.5 Å². The predicted octanol–water partition coefficient (Wildman–Crippen LogP) is 3.20. The van der Waals surface area contributed by atoms with Crippen LogP contribution < -0.4 is 5.46 Å². The van der Waals surface area contributed by atoms with E-state index in [0.29, 0.717) is 5.56 Å². The molecule has 0 atom stereocenters. The predicted molar refractivity (Wildman–Crippen MR) is 91.0 cm³/mol. The van der Waals surface area contributed by atoms with Crippen LogP contribution in [0.15, 0.2) is 42.5 Å². The van der Waals surface area contributed by atoms with Crippen molar-refractivity contribution in [3.63, 3.8) is 0 Å². The van der Waals surface area contributed by atoms with Crippen LogP contribution in [0.1, 0.15) is 43.6 Å². The second-order valence-corrected chi connectivity index (χ2v) is 7.23. The Morgan fingerprint density at radius 1 is 0.783 bits per heavy atom. The molecule has 2 aromatic rings. The molecular weight excluding hydrogens is 287 g/mol. The van der Waals surface area contributed by atoms with E-state index in [9.17, 15) is 4.79 Å². The highest BCUT2D eigenvalue weighted by Gasteiger charge is 2.53. The molecule has 1 heterocycles. The molecule has 3 nitrogen and oxygen atoms in total. The first-order valence-corrected chi connectivity index (χ1v) is 7.94. The van der Waals surface area contributed by atoms with Crippen LogP contribution in [0.4, 0.5) is 0 Å². The minimum Gasteiger partial charge on any atom is -0.399 e. The number of hydrogen-bond donors (Lipinski definition) is 0. The van der Waals surface area contributed by atoms with Crippen LogP contribution in [0.2, 0.25) is 0 Å². The molecule has 116 valence electrons. The minimum atomic E-state index is -0.520. The molecule has 0 unspecified atom stereocenters. The molecule has 4 rings (SSSR count). The van der Waals surface area contributed by atoms with Gasteiger partial charge in [0.2, 0.25) is 0 Å². The Bertz CT molecular complexity index is 807. The summed E-state index contributed by atoms with van der Waals surface area (Å²) in [4.78, 5) is 12.9. The molecule has 23 heavy (non-hydrogen) atoms. The van der Waals surface area contributed by atoms with Gasteiger partial charge in [-0.3, -0.25) is 4.79 Å². The lowest BCUT2D eigenvalue weighted by atomic mass is 9.74. The highest BCUT2D eigenvalue weighted by atomic mass is 16.7. The van der Waals surface area contributed by atoms with Crippen LogP contribution in [0, 0.1) is 0 Å². The Morgan fingerprint density at radius 3 is 2.00 bits per heavy atom.